The third-order valence-corrected chi connectivity index (χ3v) is 6.34. The largest absolute Gasteiger partial charge is 0.492 e. The quantitative estimate of drug-likeness (QED) is 0.820. The number of benzene rings is 1. The van der Waals surface area contributed by atoms with E-state index >= 15 is 0 Å². The third-order valence-electron chi connectivity index (χ3n) is 4.42. The van der Waals surface area contributed by atoms with Crippen LogP contribution in [0.3, 0.4) is 0 Å². The minimum Gasteiger partial charge on any atom is -0.492 e. The summed E-state index contributed by atoms with van der Waals surface area (Å²) in [5.41, 5.74) is 5.39. The molecule has 7 nitrogen and oxygen atoms in total. The van der Waals surface area contributed by atoms with Gasteiger partial charge in [0.25, 0.3) is 5.91 Å². The molecule has 26 heavy (non-hydrogen) atoms. The molecule has 1 saturated heterocycles. The summed E-state index contributed by atoms with van der Waals surface area (Å²) in [4.78, 5) is 11.4. The normalized spacial score (nSPS) is 18.2. The molecule has 1 atom stereocenters. The van der Waals surface area contributed by atoms with Gasteiger partial charge in [-0.3, -0.25) is 4.79 Å². The lowest BCUT2D eigenvalue weighted by Crippen LogP contribution is -2.38. The zero-order valence-corrected chi connectivity index (χ0v) is 15.1. The Hall–Kier alpha value is -2.39. The molecule has 140 valence electrons. The molecule has 0 spiro atoms. The summed E-state index contributed by atoms with van der Waals surface area (Å²) < 4.78 is 47.2. The predicted molar refractivity (Wildman–Crippen MR) is 92.7 cm³/mol. The Morgan fingerprint density at radius 2 is 2.04 bits per heavy atom. The average molecular weight is 381 g/mol. The second-order valence-electron chi connectivity index (χ2n) is 6.21. The molecule has 1 aromatic carbocycles. The number of sulfonamides is 1. The molecule has 2 heterocycles. The van der Waals surface area contributed by atoms with E-state index in [9.17, 15) is 17.6 Å². The van der Waals surface area contributed by atoms with Crippen LogP contribution in [0.15, 0.2) is 41.4 Å². The molecule has 3 rings (SSSR count). The van der Waals surface area contributed by atoms with Gasteiger partial charge in [0, 0.05) is 19.8 Å². The monoisotopic (exact) mass is 381 g/mol. The van der Waals surface area contributed by atoms with Crippen LogP contribution < -0.4 is 10.5 Å². The number of carbonyl (C=O) groups is 1. The maximum atomic E-state index is 12.9. The first kappa shape index (κ1) is 18.4. The first-order chi connectivity index (χ1) is 12.3. The second kappa shape index (κ2) is 7.08. The summed E-state index contributed by atoms with van der Waals surface area (Å²) in [5, 5.41) is 0. The van der Waals surface area contributed by atoms with Gasteiger partial charge in [0.15, 0.2) is 0 Å². The van der Waals surface area contributed by atoms with Crippen molar-refractivity contribution in [1.29, 1.82) is 0 Å². The van der Waals surface area contributed by atoms with Crippen LogP contribution >= 0.6 is 0 Å². The van der Waals surface area contributed by atoms with Crippen LogP contribution in [-0.4, -0.2) is 42.4 Å². The Kier molecular flexibility index (Phi) is 5.01. The molecule has 0 unspecified atom stereocenters. The van der Waals surface area contributed by atoms with Gasteiger partial charge < -0.3 is 15.0 Å². The van der Waals surface area contributed by atoms with Crippen molar-refractivity contribution in [3.05, 3.63) is 48.0 Å². The molecule has 9 heteroatoms. The number of aryl methyl sites for hydroxylation is 1. The summed E-state index contributed by atoms with van der Waals surface area (Å²) in [7, 11) is -2.20. The number of nitrogens with two attached hydrogens (primary N) is 1. The number of amides is 1. The molecule has 1 aromatic heterocycles. The maximum absolute atomic E-state index is 12.9. The fraction of sp³-hybridized carbons (Fsp3) is 0.353. The van der Waals surface area contributed by atoms with Gasteiger partial charge in [-0.05, 0) is 43.2 Å². The summed E-state index contributed by atoms with van der Waals surface area (Å²) in [5.74, 6) is -0.574. The number of ether oxygens (including phenoxy) is 1. The van der Waals surface area contributed by atoms with E-state index in [-0.39, 0.29) is 29.1 Å². The summed E-state index contributed by atoms with van der Waals surface area (Å²) >= 11 is 0. The second-order valence-corrected chi connectivity index (χ2v) is 8.10. The smallest absolute Gasteiger partial charge is 0.265 e. The van der Waals surface area contributed by atoms with Crippen LogP contribution in [0, 0.1) is 5.82 Å². The Balaban J connectivity index is 1.77. The SMILES string of the molecule is Cn1cc(S(=O)(=O)N2CCC[C@@H]2COc2ccc(F)cc2)cc1C(N)=O. The number of carbonyl (C=O) groups excluding carboxylic acids is 1. The molecule has 1 aliphatic rings. The number of hydrogen-bond acceptors (Lipinski definition) is 4. The molecule has 1 aliphatic heterocycles. The van der Waals surface area contributed by atoms with Crippen LogP contribution in [0.1, 0.15) is 23.3 Å². The van der Waals surface area contributed by atoms with Crippen LogP contribution in [0.4, 0.5) is 4.39 Å². The molecule has 1 fully saturated rings. The van der Waals surface area contributed by atoms with Gasteiger partial charge in [0.2, 0.25) is 10.0 Å². The van der Waals surface area contributed by atoms with Crippen molar-refractivity contribution in [3.63, 3.8) is 0 Å². The Bertz CT molecular complexity index is 909. The fourth-order valence-electron chi connectivity index (χ4n) is 3.07. The van der Waals surface area contributed by atoms with Gasteiger partial charge in [-0.1, -0.05) is 0 Å². The highest BCUT2D eigenvalue weighted by molar-refractivity contribution is 7.89. The first-order valence-electron chi connectivity index (χ1n) is 8.15. The number of primary amides is 1. The fourth-order valence-corrected chi connectivity index (χ4v) is 4.82. The molecule has 0 saturated carbocycles. The van der Waals surface area contributed by atoms with Gasteiger partial charge in [-0.2, -0.15) is 4.31 Å². The zero-order valence-electron chi connectivity index (χ0n) is 14.3. The maximum Gasteiger partial charge on any atom is 0.265 e. The predicted octanol–water partition coefficient (Wildman–Crippen LogP) is 1.50. The van der Waals surface area contributed by atoms with Crippen LogP contribution in [0.5, 0.6) is 5.75 Å². The van der Waals surface area contributed by atoms with E-state index in [4.69, 9.17) is 10.5 Å². The Morgan fingerprint density at radius 3 is 2.65 bits per heavy atom. The van der Waals surface area contributed by atoms with Crippen molar-refractivity contribution in [2.75, 3.05) is 13.2 Å². The molecule has 1 amide bonds. The van der Waals surface area contributed by atoms with Crippen LogP contribution in [0.2, 0.25) is 0 Å². The standard InChI is InChI=1S/C17H20FN3O4S/c1-20-10-15(9-16(20)17(19)22)26(23,24)21-8-2-3-13(21)11-25-14-6-4-12(18)5-7-14/h4-7,9-10,13H,2-3,8,11H2,1H3,(H2,19,22)/t13-/m1/s1. The van der Waals surface area contributed by atoms with Gasteiger partial charge in [-0.15, -0.1) is 0 Å². The van der Waals surface area contributed by atoms with Gasteiger partial charge >= 0.3 is 0 Å². The van der Waals surface area contributed by atoms with Crippen molar-refractivity contribution in [2.24, 2.45) is 12.8 Å². The number of aromatic nitrogens is 1. The van der Waals surface area contributed by atoms with Gasteiger partial charge in [0.1, 0.15) is 28.8 Å². The highest BCUT2D eigenvalue weighted by Crippen LogP contribution is 2.27. The lowest BCUT2D eigenvalue weighted by atomic mass is 10.2. The average Bonchev–Trinajstić information content (AvgIpc) is 3.21. The zero-order chi connectivity index (χ0) is 18.9. The lowest BCUT2D eigenvalue weighted by molar-refractivity contribution is 0.0992. The van der Waals surface area contributed by atoms with E-state index in [0.717, 1.165) is 0 Å². The van der Waals surface area contributed by atoms with Crippen molar-refractivity contribution < 1.29 is 22.3 Å². The van der Waals surface area contributed by atoms with Crippen LogP contribution in [0.25, 0.3) is 0 Å². The number of nitrogens with zero attached hydrogens (tertiary/aromatic N) is 2. The first-order valence-corrected chi connectivity index (χ1v) is 9.59. The van der Waals surface area contributed by atoms with Crippen molar-refractivity contribution in [2.45, 2.75) is 23.8 Å². The lowest BCUT2D eigenvalue weighted by Gasteiger charge is -2.23. The summed E-state index contributed by atoms with van der Waals surface area (Å²) in [6.45, 7) is 0.543. The minimum absolute atomic E-state index is 0.0301. The number of halogens is 1. The van der Waals surface area contributed by atoms with E-state index in [1.165, 1.54) is 45.4 Å². The van der Waals surface area contributed by atoms with Crippen molar-refractivity contribution in [1.82, 2.24) is 8.87 Å². The van der Waals surface area contributed by atoms with Crippen molar-refractivity contribution >= 4 is 15.9 Å². The van der Waals surface area contributed by atoms with Crippen molar-refractivity contribution in [3.8, 4) is 5.75 Å². The number of hydrogen-bond donors (Lipinski definition) is 1. The highest BCUT2D eigenvalue weighted by atomic mass is 32.2. The minimum atomic E-state index is -3.77. The summed E-state index contributed by atoms with van der Waals surface area (Å²) in [6, 6.07) is 6.52. The van der Waals surface area contributed by atoms with Crippen LogP contribution in [-0.2, 0) is 17.1 Å². The Labute approximate surface area is 151 Å². The van der Waals surface area contributed by atoms with E-state index in [0.29, 0.717) is 25.1 Å². The molecule has 0 aliphatic carbocycles. The topological polar surface area (TPSA) is 94.6 Å². The van der Waals surface area contributed by atoms with E-state index < -0.39 is 15.9 Å². The van der Waals surface area contributed by atoms with E-state index in [1.807, 2.05) is 0 Å². The Morgan fingerprint density at radius 1 is 1.35 bits per heavy atom. The van der Waals surface area contributed by atoms with E-state index in [2.05, 4.69) is 0 Å². The molecule has 2 N–H and O–H groups in total. The number of rotatable bonds is 6. The molecule has 0 bridgehead atoms. The van der Waals surface area contributed by atoms with Gasteiger partial charge in [-0.25, -0.2) is 12.8 Å². The highest BCUT2D eigenvalue weighted by Gasteiger charge is 2.36. The third kappa shape index (κ3) is 3.58. The molecular weight excluding hydrogens is 361 g/mol. The van der Waals surface area contributed by atoms with E-state index in [1.54, 1.807) is 7.05 Å². The molecule has 2 aromatic rings. The molecular formula is C17H20FN3O4S. The van der Waals surface area contributed by atoms with Gasteiger partial charge in [0.05, 0.1) is 6.04 Å². The molecule has 0 radical (unpaired) electrons. The summed E-state index contributed by atoms with van der Waals surface area (Å²) in [6.07, 6.45) is 2.76.